The normalized spacial score (nSPS) is 44.6. The van der Waals surface area contributed by atoms with Gasteiger partial charge in [0.15, 0.2) is 11.9 Å². The number of nitrogens with zero attached hydrogens (tertiary/aromatic N) is 1. The molecule has 7 nitrogen and oxygen atoms in total. The summed E-state index contributed by atoms with van der Waals surface area (Å²) < 4.78 is 18.1. The minimum absolute atomic E-state index is 0.0859. The Labute approximate surface area is 208 Å². The van der Waals surface area contributed by atoms with Gasteiger partial charge in [-0.1, -0.05) is 27.7 Å². The molecule has 2 aliphatic rings. The average molecular weight is 485 g/mol. The van der Waals surface area contributed by atoms with Gasteiger partial charge in [0, 0.05) is 25.0 Å². The fraction of sp³-hybridized carbons (Fsp3) is 0.963. The largest absolute Gasteiger partial charge is 0.463 e. The molecule has 2 aliphatic heterocycles. The average Bonchev–Trinajstić information content (AvgIpc) is 2.73. The zero-order valence-electron chi connectivity index (χ0n) is 23.2. The quantitative estimate of drug-likeness (QED) is 0.589. The molecule has 2 heterocycles. The first-order chi connectivity index (χ1) is 15.8. The van der Waals surface area contributed by atoms with Crippen molar-refractivity contribution in [1.29, 1.82) is 0 Å². The van der Waals surface area contributed by atoms with Gasteiger partial charge < -0.3 is 29.5 Å². The third-order valence-electron chi connectivity index (χ3n) is 7.77. The molecule has 2 fully saturated rings. The molecule has 0 radical (unpaired) electrons. The van der Waals surface area contributed by atoms with Crippen LogP contribution in [0.1, 0.15) is 80.6 Å². The molecule has 0 bridgehead atoms. The van der Waals surface area contributed by atoms with E-state index in [0.29, 0.717) is 37.2 Å². The highest BCUT2D eigenvalue weighted by Gasteiger charge is 2.46. The van der Waals surface area contributed by atoms with E-state index in [0.717, 1.165) is 13.0 Å². The standard InChI is InChI=1S/C27H52N2O5/c1-17-10-18(2)12-20(4)16-32-26(31)27(7,14-21(5)29(9)15-19(3)11-17)34-25-24(30)23(28-8)13-22(6)33-25/h17-25,28,30H,10-16H2,1-9H3/t17?,18?,19?,20?,21?,22-,23+,24-,25+,27?/m1/s1. The number of esters is 1. The van der Waals surface area contributed by atoms with Crippen LogP contribution in [-0.4, -0.2) is 79.4 Å². The van der Waals surface area contributed by atoms with Crippen molar-refractivity contribution in [3.63, 3.8) is 0 Å². The van der Waals surface area contributed by atoms with Crippen LogP contribution in [0.5, 0.6) is 0 Å². The van der Waals surface area contributed by atoms with Crippen LogP contribution in [0.25, 0.3) is 0 Å². The van der Waals surface area contributed by atoms with Gasteiger partial charge in [-0.3, -0.25) is 0 Å². The Bertz CT molecular complexity index is 634. The lowest BCUT2D eigenvalue weighted by atomic mass is 9.85. The van der Waals surface area contributed by atoms with Gasteiger partial charge in [0.25, 0.3) is 0 Å². The maximum Gasteiger partial charge on any atom is 0.338 e. The van der Waals surface area contributed by atoms with Gasteiger partial charge in [-0.2, -0.15) is 0 Å². The van der Waals surface area contributed by atoms with E-state index in [-0.39, 0.29) is 30.1 Å². The molecule has 200 valence electrons. The van der Waals surface area contributed by atoms with E-state index in [4.69, 9.17) is 14.2 Å². The summed E-state index contributed by atoms with van der Waals surface area (Å²) in [7, 11) is 3.94. The number of likely N-dealkylation sites (N-methyl/N-ethyl adjacent to an activating group) is 1. The van der Waals surface area contributed by atoms with E-state index in [1.807, 2.05) is 14.0 Å². The molecular formula is C27H52N2O5. The lowest BCUT2D eigenvalue weighted by molar-refractivity contribution is -0.283. The van der Waals surface area contributed by atoms with Crippen LogP contribution in [-0.2, 0) is 19.0 Å². The Balaban J connectivity index is 2.26. The number of carbonyl (C=O) groups excluding carboxylic acids is 1. The van der Waals surface area contributed by atoms with Gasteiger partial charge in [-0.05, 0) is 84.2 Å². The van der Waals surface area contributed by atoms with Crippen molar-refractivity contribution in [3.8, 4) is 0 Å². The van der Waals surface area contributed by atoms with Crippen LogP contribution < -0.4 is 5.32 Å². The van der Waals surface area contributed by atoms with Crippen molar-refractivity contribution in [3.05, 3.63) is 0 Å². The molecule has 2 N–H and O–H groups in total. The van der Waals surface area contributed by atoms with Crippen LogP contribution in [0, 0.1) is 23.7 Å². The molecule has 0 aromatic heterocycles. The number of rotatable bonds is 3. The minimum atomic E-state index is -1.23. The molecule has 2 saturated heterocycles. The second kappa shape index (κ2) is 13.0. The maximum atomic E-state index is 13.5. The molecule has 0 spiro atoms. The summed E-state index contributed by atoms with van der Waals surface area (Å²) in [5.74, 6) is 1.74. The molecule has 0 aromatic rings. The maximum absolute atomic E-state index is 13.5. The first-order valence-corrected chi connectivity index (χ1v) is 13.4. The lowest BCUT2D eigenvalue weighted by Crippen LogP contribution is -2.58. The molecule has 34 heavy (non-hydrogen) atoms. The van der Waals surface area contributed by atoms with Crippen LogP contribution >= 0.6 is 0 Å². The molecule has 6 unspecified atom stereocenters. The van der Waals surface area contributed by atoms with Gasteiger partial charge in [0.2, 0.25) is 0 Å². The highest BCUT2D eigenvalue weighted by Crippen LogP contribution is 2.31. The molecule has 7 heteroatoms. The number of carbonyl (C=O) groups is 1. The van der Waals surface area contributed by atoms with Crippen LogP contribution in [0.15, 0.2) is 0 Å². The smallest absolute Gasteiger partial charge is 0.338 e. The predicted molar refractivity (Wildman–Crippen MR) is 135 cm³/mol. The van der Waals surface area contributed by atoms with E-state index in [9.17, 15) is 9.90 Å². The number of hydrogen-bond donors (Lipinski definition) is 2. The van der Waals surface area contributed by atoms with Crippen LogP contribution in [0.4, 0.5) is 0 Å². The topological polar surface area (TPSA) is 80.3 Å². The fourth-order valence-corrected chi connectivity index (χ4v) is 6.03. The highest BCUT2D eigenvalue weighted by molar-refractivity contribution is 5.79. The molecular weight excluding hydrogens is 432 g/mol. The summed E-state index contributed by atoms with van der Waals surface area (Å²) in [5, 5.41) is 14.0. The number of nitrogens with one attached hydrogen (secondary N) is 1. The summed E-state index contributed by atoms with van der Waals surface area (Å²) in [4.78, 5) is 15.8. The molecule has 0 aliphatic carbocycles. The predicted octanol–water partition coefficient (Wildman–Crippen LogP) is 3.83. The summed E-state index contributed by atoms with van der Waals surface area (Å²) in [6.45, 7) is 16.4. The van der Waals surface area contributed by atoms with Gasteiger partial charge in [-0.25, -0.2) is 4.79 Å². The Hall–Kier alpha value is -0.730. The van der Waals surface area contributed by atoms with Crippen molar-refractivity contribution >= 4 is 5.97 Å². The van der Waals surface area contributed by atoms with Crippen LogP contribution in [0.2, 0.25) is 0 Å². The molecule has 10 atom stereocenters. The lowest BCUT2D eigenvalue weighted by Gasteiger charge is -2.42. The highest BCUT2D eigenvalue weighted by atomic mass is 16.7. The first-order valence-electron chi connectivity index (χ1n) is 13.4. The van der Waals surface area contributed by atoms with E-state index in [1.54, 1.807) is 6.92 Å². The molecule has 0 amide bonds. The summed E-state index contributed by atoms with van der Waals surface area (Å²) in [6.07, 6.45) is 2.73. The van der Waals surface area contributed by atoms with Gasteiger partial charge >= 0.3 is 5.97 Å². The number of cyclic esters (lactones) is 1. The molecule has 2 rings (SSSR count). The minimum Gasteiger partial charge on any atom is -0.463 e. The monoisotopic (exact) mass is 484 g/mol. The third-order valence-corrected chi connectivity index (χ3v) is 7.77. The van der Waals surface area contributed by atoms with E-state index in [2.05, 4.69) is 51.9 Å². The SMILES string of the molecule is CN[C@H]1C[C@@H](C)O[C@@H](OC2(C)CC(C)N(C)CC(C)CC(C)CC(C)CC(C)COC2=O)[C@@H]1O. The Morgan fingerprint density at radius 2 is 1.59 bits per heavy atom. The van der Waals surface area contributed by atoms with Crippen molar-refractivity contribution in [1.82, 2.24) is 10.2 Å². The first kappa shape index (κ1) is 29.5. The summed E-state index contributed by atoms with van der Waals surface area (Å²) in [5.41, 5.74) is -1.23. The van der Waals surface area contributed by atoms with E-state index < -0.39 is 18.0 Å². The van der Waals surface area contributed by atoms with Crippen molar-refractivity contribution in [2.24, 2.45) is 23.7 Å². The summed E-state index contributed by atoms with van der Waals surface area (Å²) in [6, 6.07) is -0.0601. The molecule has 0 saturated carbocycles. The number of hydrogen-bond acceptors (Lipinski definition) is 7. The second-order valence-corrected chi connectivity index (χ2v) is 12.0. The molecule has 0 aromatic carbocycles. The Morgan fingerprint density at radius 3 is 2.21 bits per heavy atom. The Morgan fingerprint density at radius 1 is 1.00 bits per heavy atom. The number of aliphatic hydroxyl groups excluding tert-OH is 1. The van der Waals surface area contributed by atoms with Gasteiger partial charge in [0.1, 0.15) is 6.10 Å². The number of aliphatic hydroxyl groups is 1. The second-order valence-electron chi connectivity index (χ2n) is 12.0. The zero-order valence-corrected chi connectivity index (χ0v) is 23.2. The number of ether oxygens (including phenoxy) is 3. The van der Waals surface area contributed by atoms with Crippen molar-refractivity contribution < 1.29 is 24.1 Å². The van der Waals surface area contributed by atoms with Crippen LogP contribution in [0.3, 0.4) is 0 Å². The summed E-state index contributed by atoms with van der Waals surface area (Å²) >= 11 is 0. The van der Waals surface area contributed by atoms with Crippen molar-refractivity contribution in [2.75, 3.05) is 27.2 Å². The third kappa shape index (κ3) is 8.44. The fourth-order valence-electron chi connectivity index (χ4n) is 6.03. The van der Waals surface area contributed by atoms with Crippen molar-refractivity contribution in [2.45, 2.75) is 117 Å². The van der Waals surface area contributed by atoms with E-state index >= 15 is 0 Å². The van der Waals surface area contributed by atoms with E-state index in [1.165, 1.54) is 12.8 Å². The Kier molecular flexibility index (Phi) is 11.3. The zero-order chi connectivity index (χ0) is 25.6. The van der Waals surface area contributed by atoms with Gasteiger partial charge in [-0.15, -0.1) is 0 Å². The van der Waals surface area contributed by atoms with Gasteiger partial charge in [0.05, 0.1) is 12.7 Å².